The van der Waals surface area contributed by atoms with Gasteiger partial charge in [-0.1, -0.05) is 15.9 Å². The van der Waals surface area contributed by atoms with Crippen LogP contribution in [0, 0.1) is 0 Å². The zero-order valence-corrected chi connectivity index (χ0v) is 10.2. The fourth-order valence-electron chi connectivity index (χ4n) is 2.35. The second kappa shape index (κ2) is 4.19. The van der Waals surface area contributed by atoms with Gasteiger partial charge in [-0.15, -0.1) is 0 Å². The van der Waals surface area contributed by atoms with Crippen LogP contribution < -0.4 is 0 Å². The van der Waals surface area contributed by atoms with E-state index in [1.54, 1.807) is 0 Å². The minimum absolute atomic E-state index is 0.0780. The van der Waals surface area contributed by atoms with Gasteiger partial charge in [0.05, 0.1) is 4.83 Å². The Bertz CT molecular complexity index is 234. The third-order valence-electron chi connectivity index (χ3n) is 3.33. The van der Waals surface area contributed by atoms with Crippen LogP contribution in [0.25, 0.3) is 0 Å². The number of hydrogen-bond donors (Lipinski definition) is 0. The molecule has 2 saturated heterocycles. The van der Waals surface area contributed by atoms with Crippen LogP contribution >= 0.6 is 15.9 Å². The number of alkyl halides is 1. The van der Waals surface area contributed by atoms with Crippen molar-refractivity contribution in [2.24, 2.45) is 0 Å². The first kappa shape index (κ1) is 10.4. The van der Waals surface area contributed by atoms with Gasteiger partial charge >= 0.3 is 0 Å². The number of nitrogens with zero attached hydrogens (tertiary/aromatic N) is 2. The quantitative estimate of drug-likeness (QED) is 0.694. The van der Waals surface area contributed by atoms with E-state index in [1.165, 1.54) is 19.4 Å². The number of carbonyl (C=O) groups is 1. The molecule has 0 spiro atoms. The highest BCUT2D eigenvalue weighted by molar-refractivity contribution is 9.10. The Morgan fingerprint density at radius 3 is 2.71 bits per heavy atom. The van der Waals surface area contributed by atoms with E-state index in [1.807, 2.05) is 4.90 Å². The predicted octanol–water partition coefficient (Wildman–Crippen LogP) is 1.08. The summed E-state index contributed by atoms with van der Waals surface area (Å²) in [5.74, 6) is 0.283. The third kappa shape index (κ3) is 1.96. The molecule has 2 heterocycles. The minimum atomic E-state index is 0.0780. The molecule has 1 amide bonds. The molecule has 2 atom stereocenters. The maximum Gasteiger partial charge on any atom is 0.236 e. The van der Waals surface area contributed by atoms with Gasteiger partial charge in [-0.3, -0.25) is 4.79 Å². The van der Waals surface area contributed by atoms with Crippen LogP contribution in [0.1, 0.15) is 19.3 Å². The largest absolute Gasteiger partial charge is 0.340 e. The molecule has 0 aromatic rings. The van der Waals surface area contributed by atoms with Crippen LogP contribution in [0.4, 0.5) is 0 Å². The highest BCUT2D eigenvalue weighted by Crippen LogP contribution is 2.22. The second-order valence-electron chi connectivity index (χ2n) is 4.32. The summed E-state index contributed by atoms with van der Waals surface area (Å²) >= 11 is 3.40. The molecule has 3 nitrogen and oxygen atoms in total. The van der Waals surface area contributed by atoms with Gasteiger partial charge < -0.3 is 9.80 Å². The zero-order chi connectivity index (χ0) is 10.1. The van der Waals surface area contributed by atoms with E-state index in [0.717, 1.165) is 19.5 Å². The molecule has 0 radical (unpaired) electrons. The molecule has 4 heteroatoms. The maximum atomic E-state index is 11.7. The Morgan fingerprint density at radius 2 is 2.21 bits per heavy atom. The van der Waals surface area contributed by atoms with Crippen LogP contribution in [0.5, 0.6) is 0 Å². The van der Waals surface area contributed by atoms with E-state index in [-0.39, 0.29) is 10.7 Å². The number of likely N-dealkylation sites (tertiary alicyclic amines) is 2. The summed E-state index contributed by atoms with van der Waals surface area (Å²) in [6, 6.07) is 0.594. The van der Waals surface area contributed by atoms with Crippen LogP contribution in [0.15, 0.2) is 0 Å². The fourth-order valence-corrected chi connectivity index (χ4v) is 2.84. The van der Waals surface area contributed by atoms with E-state index < -0.39 is 0 Å². The number of carbonyl (C=O) groups excluding carboxylic acids is 1. The number of likely N-dealkylation sites (N-methyl/N-ethyl adjacent to an activating group) is 1. The molecule has 0 saturated carbocycles. The van der Waals surface area contributed by atoms with Crippen molar-refractivity contribution in [1.29, 1.82) is 0 Å². The molecule has 0 aliphatic carbocycles. The van der Waals surface area contributed by atoms with Crippen LogP contribution in [-0.4, -0.2) is 53.3 Å². The van der Waals surface area contributed by atoms with Crippen molar-refractivity contribution in [3.8, 4) is 0 Å². The molecule has 0 aromatic heterocycles. The van der Waals surface area contributed by atoms with Crippen molar-refractivity contribution in [2.75, 3.05) is 26.7 Å². The normalized spacial score (nSPS) is 34.4. The van der Waals surface area contributed by atoms with Gasteiger partial charge in [0.25, 0.3) is 0 Å². The molecule has 80 valence electrons. The van der Waals surface area contributed by atoms with Crippen molar-refractivity contribution in [3.05, 3.63) is 0 Å². The molecular formula is C10H17BrN2O. The molecule has 14 heavy (non-hydrogen) atoms. The molecule has 2 aliphatic heterocycles. The van der Waals surface area contributed by atoms with Crippen molar-refractivity contribution in [3.63, 3.8) is 0 Å². The molecule has 0 bridgehead atoms. The summed E-state index contributed by atoms with van der Waals surface area (Å²) < 4.78 is 0. The molecule has 0 aromatic carbocycles. The van der Waals surface area contributed by atoms with Gasteiger partial charge in [-0.2, -0.15) is 0 Å². The number of amides is 1. The number of rotatable bonds is 2. The van der Waals surface area contributed by atoms with Gasteiger partial charge in [0.15, 0.2) is 0 Å². The Balaban J connectivity index is 1.88. The van der Waals surface area contributed by atoms with E-state index in [4.69, 9.17) is 0 Å². The fraction of sp³-hybridized carbons (Fsp3) is 0.900. The third-order valence-corrected chi connectivity index (χ3v) is 4.18. The lowest BCUT2D eigenvalue weighted by atomic mass is 10.2. The Hall–Kier alpha value is -0.0900. The predicted molar refractivity (Wildman–Crippen MR) is 59.6 cm³/mol. The summed E-state index contributed by atoms with van der Waals surface area (Å²) in [5.41, 5.74) is 0. The summed E-state index contributed by atoms with van der Waals surface area (Å²) in [4.78, 5) is 16.1. The van der Waals surface area contributed by atoms with Crippen molar-refractivity contribution < 1.29 is 4.79 Å². The average molecular weight is 261 g/mol. The van der Waals surface area contributed by atoms with Gasteiger partial charge in [-0.05, 0) is 32.9 Å². The van der Waals surface area contributed by atoms with Crippen LogP contribution in [0.2, 0.25) is 0 Å². The smallest absolute Gasteiger partial charge is 0.236 e. The summed E-state index contributed by atoms with van der Waals surface area (Å²) in [5, 5.41) is 0. The first-order chi connectivity index (χ1) is 6.68. The molecule has 2 fully saturated rings. The number of hydrogen-bond acceptors (Lipinski definition) is 2. The SMILES string of the molecule is CN1CCCC1CN1CCC(Br)C1=O. The topological polar surface area (TPSA) is 23.6 Å². The second-order valence-corrected chi connectivity index (χ2v) is 5.42. The van der Waals surface area contributed by atoms with E-state index in [9.17, 15) is 4.79 Å². The first-order valence-electron chi connectivity index (χ1n) is 5.31. The molecule has 2 rings (SSSR count). The molecule has 2 aliphatic rings. The van der Waals surface area contributed by atoms with Gasteiger partial charge in [-0.25, -0.2) is 0 Å². The van der Waals surface area contributed by atoms with Crippen molar-refractivity contribution in [1.82, 2.24) is 9.80 Å². The first-order valence-corrected chi connectivity index (χ1v) is 6.23. The zero-order valence-electron chi connectivity index (χ0n) is 8.58. The Kier molecular flexibility index (Phi) is 3.12. The molecule has 0 N–H and O–H groups in total. The van der Waals surface area contributed by atoms with Crippen LogP contribution in [0.3, 0.4) is 0 Å². The standard InChI is InChI=1S/C10H17BrN2O/c1-12-5-2-3-8(12)7-13-6-4-9(11)10(13)14/h8-9H,2-7H2,1H3. The minimum Gasteiger partial charge on any atom is -0.340 e. The monoisotopic (exact) mass is 260 g/mol. The van der Waals surface area contributed by atoms with Gasteiger partial charge in [0, 0.05) is 19.1 Å². The molecule has 2 unspecified atom stereocenters. The van der Waals surface area contributed by atoms with E-state index in [2.05, 4.69) is 27.9 Å². The summed E-state index contributed by atoms with van der Waals surface area (Å²) in [6.45, 7) is 3.04. The highest BCUT2D eigenvalue weighted by atomic mass is 79.9. The average Bonchev–Trinajstić information content (AvgIpc) is 2.68. The Labute approximate surface area is 93.6 Å². The summed E-state index contributed by atoms with van der Waals surface area (Å²) in [7, 11) is 2.16. The van der Waals surface area contributed by atoms with Gasteiger partial charge in [0.1, 0.15) is 0 Å². The van der Waals surface area contributed by atoms with E-state index >= 15 is 0 Å². The van der Waals surface area contributed by atoms with E-state index in [0.29, 0.717) is 6.04 Å². The van der Waals surface area contributed by atoms with Crippen molar-refractivity contribution >= 4 is 21.8 Å². The van der Waals surface area contributed by atoms with Gasteiger partial charge in [0.2, 0.25) is 5.91 Å². The lowest BCUT2D eigenvalue weighted by Crippen LogP contribution is -2.40. The lowest BCUT2D eigenvalue weighted by Gasteiger charge is -2.25. The van der Waals surface area contributed by atoms with Crippen molar-refractivity contribution in [2.45, 2.75) is 30.1 Å². The van der Waals surface area contributed by atoms with Crippen LogP contribution in [-0.2, 0) is 4.79 Å². The maximum absolute atomic E-state index is 11.7. The molecular weight excluding hydrogens is 244 g/mol. The lowest BCUT2D eigenvalue weighted by molar-refractivity contribution is -0.127. The summed E-state index contributed by atoms with van der Waals surface area (Å²) in [6.07, 6.45) is 3.49. The Morgan fingerprint density at radius 1 is 1.43 bits per heavy atom. The number of halogens is 1. The highest BCUT2D eigenvalue weighted by Gasteiger charge is 2.32.